The molecule has 1 aliphatic rings. The van der Waals surface area contributed by atoms with Gasteiger partial charge in [0.25, 0.3) is 5.56 Å². The molecule has 1 aromatic carbocycles. The number of nitrogens with zero attached hydrogens (tertiary/aromatic N) is 4. The van der Waals surface area contributed by atoms with Crippen LogP contribution in [0.1, 0.15) is 18.4 Å². The molecule has 0 unspecified atom stereocenters. The topological polar surface area (TPSA) is 70.5 Å². The molecule has 3 aromatic heterocycles. The van der Waals surface area contributed by atoms with Gasteiger partial charge in [-0.25, -0.2) is 13.9 Å². The minimum absolute atomic E-state index is 0.0238. The Labute approximate surface area is 171 Å². The Morgan fingerprint density at radius 3 is 2.96 bits per heavy atom. The SMILES string of the molecule is O=c1c2sccc2n2c(=O)n(Cc3cccc(Br)c3)nc2n1C[C@H]1CCCO1. The van der Waals surface area contributed by atoms with E-state index in [1.165, 1.54) is 16.0 Å². The lowest BCUT2D eigenvalue weighted by Crippen LogP contribution is -2.29. The molecule has 4 heterocycles. The molecule has 4 aromatic rings. The largest absolute Gasteiger partial charge is 0.376 e. The van der Waals surface area contributed by atoms with E-state index in [1.807, 2.05) is 29.6 Å². The van der Waals surface area contributed by atoms with Crippen LogP contribution in [0.4, 0.5) is 0 Å². The van der Waals surface area contributed by atoms with Gasteiger partial charge in [0.05, 0.1) is 24.7 Å². The number of ether oxygens (including phenoxy) is 1. The van der Waals surface area contributed by atoms with Crippen molar-refractivity contribution in [2.24, 2.45) is 0 Å². The Bertz CT molecular complexity index is 1300. The molecule has 9 heteroatoms. The van der Waals surface area contributed by atoms with Gasteiger partial charge in [0.2, 0.25) is 5.78 Å². The number of benzene rings is 1. The molecular weight excluding hydrogens is 444 g/mol. The molecule has 0 saturated carbocycles. The Balaban J connectivity index is 1.70. The van der Waals surface area contributed by atoms with Gasteiger partial charge in [-0.3, -0.25) is 9.36 Å². The number of rotatable bonds is 4. The monoisotopic (exact) mass is 460 g/mol. The van der Waals surface area contributed by atoms with Gasteiger partial charge in [0.1, 0.15) is 4.70 Å². The molecular formula is C19H17BrN4O3S. The maximum absolute atomic E-state index is 13.1. The van der Waals surface area contributed by atoms with Crippen LogP contribution in [-0.2, 0) is 17.8 Å². The lowest BCUT2D eigenvalue weighted by Gasteiger charge is -2.12. The van der Waals surface area contributed by atoms with Gasteiger partial charge in [0, 0.05) is 11.1 Å². The summed E-state index contributed by atoms with van der Waals surface area (Å²) in [6.07, 6.45) is 1.87. The van der Waals surface area contributed by atoms with Crippen molar-refractivity contribution in [1.82, 2.24) is 18.7 Å². The quantitative estimate of drug-likeness (QED) is 0.469. The third-order valence-corrected chi connectivity index (χ3v) is 6.40. The first-order chi connectivity index (χ1) is 13.6. The first kappa shape index (κ1) is 17.8. The van der Waals surface area contributed by atoms with Crippen LogP contribution >= 0.6 is 27.3 Å². The minimum atomic E-state index is -0.250. The van der Waals surface area contributed by atoms with Crippen LogP contribution in [0.2, 0.25) is 0 Å². The van der Waals surface area contributed by atoms with E-state index in [-0.39, 0.29) is 17.4 Å². The number of halogens is 1. The molecule has 0 bridgehead atoms. The van der Waals surface area contributed by atoms with Crippen molar-refractivity contribution in [3.63, 3.8) is 0 Å². The lowest BCUT2D eigenvalue weighted by atomic mass is 10.2. The number of hydrogen-bond donors (Lipinski definition) is 0. The molecule has 7 nitrogen and oxygen atoms in total. The van der Waals surface area contributed by atoms with E-state index in [0.29, 0.717) is 35.7 Å². The van der Waals surface area contributed by atoms with Crippen molar-refractivity contribution in [1.29, 1.82) is 0 Å². The summed E-state index contributed by atoms with van der Waals surface area (Å²) in [5, 5.41) is 6.37. The molecule has 0 aliphatic carbocycles. The summed E-state index contributed by atoms with van der Waals surface area (Å²) in [5.74, 6) is 0.367. The summed E-state index contributed by atoms with van der Waals surface area (Å²) in [4.78, 5) is 26.2. The van der Waals surface area contributed by atoms with E-state index < -0.39 is 0 Å². The average Bonchev–Trinajstić information content (AvgIpc) is 3.40. The molecule has 0 spiro atoms. The summed E-state index contributed by atoms with van der Waals surface area (Å²) >= 11 is 4.80. The van der Waals surface area contributed by atoms with Crippen molar-refractivity contribution in [3.8, 4) is 0 Å². The van der Waals surface area contributed by atoms with E-state index in [4.69, 9.17) is 4.74 Å². The predicted octanol–water partition coefficient (Wildman–Crippen LogP) is 2.86. The van der Waals surface area contributed by atoms with Crippen LogP contribution in [0.3, 0.4) is 0 Å². The van der Waals surface area contributed by atoms with Gasteiger partial charge >= 0.3 is 5.69 Å². The zero-order chi connectivity index (χ0) is 19.3. The minimum Gasteiger partial charge on any atom is -0.376 e. The van der Waals surface area contributed by atoms with Gasteiger partial charge < -0.3 is 4.74 Å². The van der Waals surface area contributed by atoms with Crippen LogP contribution in [0.5, 0.6) is 0 Å². The maximum atomic E-state index is 13.1. The van der Waals surface area contributed by atoms with Crippen LogP contribution in [0.25, 0.3) is 16.0 Å². The number of hydrogen-bond acceptors (Lipinski definition) is 5. The highest BCUT2D eigenvalue weighted by molar-refractivity contribution is 9.10. The molecule has 1 atom stereocenters. The highest BCUT2D eigenvalue weighted by atomic mass is 79.9. The standard InChI is InChI=1S/C19H17BrN4O3S/c20-13-4-1-3-12(9-13)10-23-19(26)24-15-6-8-28-16(15)17(25)22(18(24)21-23)11-14-5-2-7-27-14/h1,3-4,6,8-9,14H,2,5,7,10-11H2/t14-/m1/s1. The van der Waals surface area contributed by atoms with E-state index in [0.717, 1.165) is 22.9 Å². The summed E-state index contributed by atoms with van der Waals surface area (Å²) < 4.78 is 11.8. The fourth-order valence-electron chi connectivity index (χ4n) is 3.70. The summed E-state index contributed by atoms with van der Waals surface area (Å²) in [7, 11) is 0. The number of aromatic nitrogens is 4. The predicted molar refractivity (Wildman–Crippen MR) is 111 cm³/mol. The van der Waals surface area contributed by atoms with Crippen molar-refractivity contribution in [2.45, 2.75) is 32.0 Å². The van der Waals surface area contributed by atoms with Crippen molar-refractivity contribution in [2.75, 3.05) is 6.61 Å². The fraction of sp³-hybridized carbons (Fsp3) is 0.316. The molecule has 1 aliphatic heterocycles. The Kier molecular flexibility index (Phi) is 4.45. The third kappa shape index (κ3) is 2.94. The van der Waals surface area contributed by atoms with E-state index in [9.17, 15) is 9.59 Å². The highest BCUT2D eigenvalue weighted by Gasteiger charge is 2.22. The normalized spacial score (nSPS) is 17.1. The third-order valence-electron chi connectivity index (χ3n) is 5.02. The summed E-state index contributed by atoms with van der Waals surface area (Å²) in [6.45, 7) is 1.45. The molecule has 0 N–H and O–H groups in total. The van der Waals surface area contributed by atoms with Gasteiger partial charge in [0.15, 0.2) is 0 Å². The van der Waals surface area contributed by atoms with Crippen molar-refractivity contribution in [3.05, 3.63) is 66.6 Å². The van der Waals surface area contributed by atoms with Gasteiger partial charge in [-0.1, -0.05) is 28.1 Å². The Hall–Kier alpha value is -2.23. The second-order valence-corrected chi connectivity index (χ2v) is 8.72. The molecule has 1 fully saturated rings. The van der Waals surface area contributed by atoms with Crippen molar-refractivity contribution < 1.29 is 4.74 Å². The van der Waals surface area contributed by atoms with Crippen LogP contribution in [0.15, 0.2) is 49.8 Å². The van der Waals surface area contributed by atoms with Crippen molar-refractivity contribution >= 4 is 43.3 Å². The molecule has 144 valence electrons. The lowest BCUT2D eigenvalue weighted by molar-refractivity contribution is 0.0969. The second kappa shape index (κ2) is 6.98. The van der Waals surface area contributed by atoms with Gasteiger partial charge in [-0.15, -0.1) is 16.4 Å². The zero-order valence-electron chi connectivity index (χ0n) is 14.9. The van der Waals surface area contributed by atoms with Crippen LogP contribution in [-0.4, -0.2) is 31.5 Å². The van der Waals surface area contributed by atoms with E-state index >= 15 is 0 Å². The Morgan fingerprint density at radius 1 is 1.29 bits per heavy atom. The highest BCUT2D eigenvalue weighted by Crippen LogP contribution is 2.20. The molecule has 5 rings (SSSR count). The fourth-order valence-corrected chi connectivity index (χ4v) is 4.97. The first-order valence-electron chi connectivity index (χ1n) is 9.07. The number of fused-ring (bicyclic) bond motifs is 3. The molecule has 1 saturated heterocycles. The first-order valence-corrected chi connectivity index (χ1v) is 10.7. The Morgan fingerprint density at radius 2 is 2.18 bits per heavy atom. The average molecular weight is 461 g/mol. The van der Waals surface area contributed by atoms with E-state index in [2.05, 4.69) is 21.0 Å². The smallest absolute Gasteiger partial charge is 0.352 e. The van der Waals surface area contributed by atoms with Gasteiger partial charge in [-0.05, 0) is 42.0 Å². The maximum Gasteiger partial charge on any atom is 0.352 e. The summed E-state index contributed by atoms with van der Waals surface area (Å²) in [6, 6.07) is 9.56. The van der Waals surface area contributed by atoms with Gasteiger partial charge in [-0.2, -0.15) is 0 Å². The van der Waals surface area contributed by atoms with Crippen LogP contribution in [0, 0.1) is 0 Å². The summed E-state index contributed by atoms with van der Waals surface area (Å²) in [5.41, 5.74) is 1.20. The molecule has 28 heavy (non-hydrogen) atoms. The number of thiophene rings is 1. The van der Waals surface area contributed by atoms with Crippen LogP contribution < -0.4 is 11.2 Å². The second-order valence-electron chi connectivity index (χ2n) is 6.89. The van der Waals surface area contributed by atoms with E-state index in [1.54, 1.807) is 15.0 Å². The molecule has 0 amide bonds. The zero-order valence-corrected chi connectivity index (χ0v) is 17.3. The molecule has 0 radical (unpaired) electrons.